The number of rotatable bonds is 7. The third-order valence-electron chi connectivity index (χ3n) is 3.62. The topological polar surface area (TPSA) is 79.5 Å². The zero-order valence-corrected chi connectivity index (χ0v) is 12.2. The van der Waals surface area contributed by atoms with E-state index in [1.165, 1.54) is 12.8 Å². The maximum Gasteiger partial charge on any atom is 0.317 e. The lowest BCUT2D eigenvalue weighted by atomic mass is 10.1. The van der Waals surface area contributed by atoms with Crippen LogP contribution in [-0.4, -0.2) is 38.7 Å². The predicted molar refractivity (Wildman–Crippen MR) is 73.1 cm³/mol. The fourth-order valence-electron chi connectivity index (χ4n) is 2.73. The van der Waals surface area contributed by atoms with Gasteiger partial charge >= 0.3 is 5.97 Å². The summed E-state index contributed by atoms with van der Waals surface area (Å²) in [5, 5.41) is 13.0. The van der Waals surface area contributed by atoms with Crippen molar-refractivity contribution >= 4 is 5.97 Å². The van der Waals surface area contributed by atoms with Crippen LogP contribution in [0.25, 0.3) is 0 Å². The summed E-state index contributed by atoms with van der Waals surface area (Å²) >= 11 is 0. The molecule has 0 radical (unpaired) electrons. The van der Waals surface area contributed by atoms with Crippen LogP contribution >= 0.6 is 0 Å². The van der Waals surface area contributed by atoms with Gasteiger partial charge in [0.05, 0.1) is 13.1 Å². The summed E-state index contributed by atoms with van der Waals surface area (Å²) in [6.07, 6.45) is 5.23. The average Bonchev–Trinajstić information content (AvgIpc) is 2.98. The average molecular weight is 281 g/mol. The summed E-state index contributed by atoms with van der Waals surface area (Å²) in [6.45, 7) is 4.67. The molecule has 1 heterocycles. The highest BCUT2D eigenvalue weighted by molar-refractivity contribution is 5.69. The van der Waals surface area contributed by atoms with Gasteiger partial charge in [-0.05, 0) is 18.8 Å². The molecule has 1 fully saturated rings. The number of hydrogen-bond acceptors (Lipinski definition) is 5. The van der Waals surface area contributed by atoms with E-state index in [2.05, 4.69) is 24.0 Å². The fraction of sp³-hybridized carbons (Fsp3) is 0.786. The van der Waals surface area contributed by atoms with Gasteiger partial charge in [0.2, 0.25) is 5.89 Å². The molecule has 0 spiro atoms. The highest BCUT2D eigenvalue weighted by Gasteiger charge is 2.26. The van der Waals surface area contributed by atoms with E-state index in [9.17, 15) is 4.79 Å². The lowest BCUT2D eigenvalue weighted by molar-refractivity contribution is -0.139. The smallest absolute Gasteiger partial charge is 0.317 e. The molecule has 1 aliphatic carbocycles. The van der Waals surface area contributed by atoms with Gasteiger partial charge in [-0.3, -0.25) is 9.69 Å². The van der Waals surface area contributed by atoms with Crippen LogP contribution in [0, 0.1) is 5.92 Å². The van der Waals surface area contributed by atoms with Gasteiger partial charge in [0.15, 0.2) is 5.82 Å². The summed E-state index contributed by atoms with van der Waals surface area (Å²) in [5.74, 6) is 0.898. The Hall–Kier alpha value is -1.43. The molecule has 2 rings (SSSR count). The van der Waals surface area contributed by atoms with Gasteiger partial charge in [0.1, 0.15) is 0 Å². The summed E-state index contributed by atoms with van der Waals surface area (Å²) in [7, 11) is 0. The Morgan fingerprint density at radius 3 is 2.75 bits per heavy atom. The van der Waals surface area contributed by atoms with Crippen molar-refractivity contribution in [1.29, 1.82) is 0 Å². The van der Waals surface area contributed by atoms with Crippen LogP contribution in [0.2, 0.25) is 0 Å². The molecule has 1 saturated carbocycles. The monoisotopic (exact) mass is 281 g/mol. The molecular formula is C14H23N3O3. The Kier molecular flexibility index (Phi) is 5.11. The fourth-order valence-corrected chi connectivity index (χ4v) is 2.73. The second-order valence-corrected chi connectivity index (χ2v) is 5.94. The summed E-state index contributed by atoms with van der Waals surface area (Å²) in [5.41, 5.74) is 0. The number of carboxylic acids is 1. The first kappa shape index (κ1) is 15.0. The molecule has 0 bridgehead atoms. The Morgan fingerprint density at radius 1 is 1.45 bits per heavy atom. The standard InChI is InChI=1S/C14H23N3O3/c1-10(2)7-12-15-13(20-16-12)8-17(9-14(18)19)11-5-3-4-6-11/h10-11H,3-9H2,1-2H3,(H,18,19). The number of carboxylic acid groups (broad SMARTS) is 1. The van der Waals surface area contributed by atoms with E-state index in [-0.39, 0.29) is 6.54 Å². The van der Waals surface area contributed by atoms with Crippen molar-refractivity contribution in [3.05, 3.63) is 11.7 Å². The van der Waals surface area contributed by atoms with E-state index in [4.69, 9.17) is 9.63 Å². The number of aromatic nitrogens is 2. The van der Waals surface area contributed by atoms with E-state index >= 15 is 0 Å². The summed E-state index contributed by atoms with van der Waals surface area (Å²) in [6, 6.07) is 0.326. The Labute approximate surface area is 119 Å². The van der Waals surface area contributed by atoms with Gasteiger partial charge < -0.3 is 9.63 Å². The highest BCUT2D eigenvalue weighted by atomic mass is 16.5. The predicted octanol–water partition coefficient (Wildman–Crippen LogP) is 2.10. The van der Waals surface area contributed by atoms with E-state index in [1.807, 2.05) is 4.90 Å². The summed E-state index contributed by atoms with van der Waals surface area (Å²) < 4.78 is 5.24. The molecule has 0 aliphatic heterocycles. The Bertz CT molecular complexity index is 439. The number of nitrogens with zero attached hydrogens (tertiary/aromatic N) is 3. The van der Waals surface area contributed by atoms with Crippen molar-refractivity contribution in [1.82, 2.24) is 15.0 Å². The molecule has 6 heteroatoms. The molecule has 6 nitrogen and oxygen atoms in total. The highest BCUT2D eigenvalue weighted by Crippen LogP contribution is 2.24. The second-order valence-electron chi connectivity index (χ2n) is 5.94. The lowest BCUT2D eigenvalue weighted by Crippen LogP contribution is -2.37. The molecular weight excluding hydrogens is 258 g/mol. The number of hydrogen-bond donors (Lipinski definition) is 1. The Morgan fingerprint density at radius 2 is 2.15 bits per heavy atom. The Balaban J connectivity index is 1.99. The lowest BCUT2D eigenvalue weighted by Gasteiger charge is -2.25. The number of aliphatic carboxylic acids is 1. The first-order valence-corrected chi connectivity index (χ1v) is 7.32. The molecule has 0 amide bonds. The van der Waals surface area contributed by atoms with Gasteiger partial charge in [-0.15, -0.1) is 0 Å². The third-order valence-corrected chi connectivity index (χ3v) is 3.62. The quantitative estimate of drug-likeness (QED) is 0.824. The molecule has 1 aliphatic rings. The van der Waals surface area contributed by atoms with Crippen molar-refractivity contribution in [2.45, 2.75) is 58.5 Å². The molecule has 0 saturated heterocycles. The van der Waals surface area contributed by atoms with Crippen molar-refractivity contribution in [3.8, 4) is 0 Å². The van der Waals surface area contributed by atoms with Gasteiger partial charge in [0.25, 0.3) is 0 Å². The van der Waals surface area contributed by atoms with Crippen LogP contribution in [0.3, 0.4) is 0 Å². The minimum atomic E-state index is -0.807. The van der Waals surface area contributed by atoms with Crippen LogP contribution in [0.5, 0.6) is 0 Å². The first-order chi connectivity index (χ1) is 9.54. The van der Waals surface area contributed by atoms with Crippen molar-refractivity contribution in [3.63, 3.8) is 0 Å². The maximum atomic E-state index is 11.0. The minimum Gasteiger partial charge on any atom is -0.480 e. The molecule has 0 unspecified atom stereocenters. The van der Waals surface area contributed by atoms with Crippen molar-refractivity contribution in [2.75, 3.05) is 6.54 Å². The van der Waals surface area contributed by atoms with Gasteiger partial charge in [-0.2, -0.15) is 4.98 Å². The van der Waals surface area contributed by atoms with E-state index < -0.39 is 5.97 Å². The zero-order chi connectivity index (χ0) is 14.5. The largest absolute Gasteiger partial charge is 0.480 e. The van der Waals surface area contributed by atoms with E-state index in [0.29, 0.717) is 30.2 Å². The third kappa shape index (κ3) is 4.30. The summed E-state index contributed by atoms with van der Waals surface area (Å²) in [4.78, 5) is 17.3. The molecule has 1 aromatic heterocycles. The maximum absolute atomic E-state index is 11.0. The molecule has 0 atom stereocenters. The van der Waals surface area contributed by atoms with E-state index in [0.717, 1.165) is 19.3 Å². The van der Waals surface area contributed by atoms with Crippen LogP contribution in [-0.2, 0) is 17.8 Å². The van der Waals surface area contributed by atoms with Crippen LogP contribution in [0.1, 0.15) is 51.2 Å². The first-order valence-electron chi connectivity index (χ1n) is 7.32. The van der Waals surface area contributed by atoms with Crippen LogP contribution in [0.4, 0.5) is 0 Å². The van der Waals surface area contributed by atoms with Crippen LogP contribution in [0.15, 0.2) is 4.52 Å². The van der Waals surface area contributed by atoms with Crippen LogP contribution < -0.4 is 0 Å². The van der Waals surface area contributed by atoms with E-state index in [1.54, 1.807) is 0 Å². The molecule has 0 aromatic carbocycles. The molecule has 1 aromatic rings. The SMILES string of the molecule is CC(C)Cc1noc(CN(CC(=O)O)C2CCCC2)n1. The minimum absolute atomic E-state index is 0.0343. The number of carbonyl (C=O) groups is 1. The molecule has 1 N–H and O–H groups in total. The van der Waals surface area contributed by atoms with Gasteiger partial charge in [-0.1, -0.05) is 31.8 Å². The zero-order valence-electron chi connectivity index (χ0n) is 12.2. The van der Waals surface area contributed by atoms with Crippen molar-refractivity contribution in [2.24, 2.45) is 5.92 Å². The second kappa shape index (κ2) is 6.83. The van der Waals surface area contributed by atoms with Gasteiger partial charge in [-0.25, -0.2) is 0 Å². The molecule has 20 heavy (non-hydrogen) atoms. The molecule has 112 valence electrons. The van der Waals surface area contributed by atoms with Crippen molar-refractivity contribution < 1.29 is 14.4 Å². The van der Waals surface area contributed by atoms with Gasteiger partial charge in [0, 0.05) is 12.5 Å². The normalized spacial score (nSPS) is 16.4.